The largest absolute Gasteiger partial charge is 0.466 e. The summed E-state index contributed by atoms with van der Waals surface area (Å²) in [6.07, 6.45) is 2.68. The van der Waals surface area contributed by atoms with E-state index < -0.39 is 11.7 Å². The van der Waals surface area contributed by atoms with Crippen LogP contribution in [0.25, 0.3) is 0 Å². The zero-order valence-electron chi connectivity index (χ0n) is 8.16. The molecule has 1 fully saturated rings. The minimum atomic E-state index is -1.02. The lowest BCUT2D eigenvalue weighted by molar-refractivity contribution is -0.146. The minimum Gasteiger partial charge on any atom is -0.466 e. The van der Waals surface area contributed by atoms with Crippen LogP contribution in [0.2, 0.25) is 0 Å². The normalized spacial score (nSPS) is 36.0. The molecule has 1 aliphatic heterocycles. The van der Waals surface area contributed by atoms with E-state index in [1.54, 1.807) is 0 Å². The Morgan fingerprint density at radius 3 is 3.14 bits per heavy atom. The van der Waals surface area contributed by atoms with Crippen LogP contribution < -0.4 is 0 Å². The first-order chi connectivity index (χ1) is 6.69. The molecule has 2 rings (SSSR count). The van der Waals surface area contributed by atoms with Crippen LogP contribution in [0.5, 0.6) is 0 Å². The molecule has 0 aromatic heterocycles. The molecule has 0 bridgehead atoms. The summed E-state index contributed by atoms with van der Waals surface area (Å²) in [4.78, 5) is 11.7. The smallest absolute Gasteiger partial charge is 0.284 e. The van der Waals surface area contributed by atoms with Gasteiger partial charge in [-0.25, -0.2) is 0 Å². The van der Waals surface area contributed by atoms with Crippen LogP contribution in [-0.2, 0) is 14.3 Å². The Hall–Kier alpha value is -1.03. The first-order valence-electron chi connectivity index (χ1n) is 4.95. The fourth-order valence-corrected chi connectivity index (χ4v) is 2.07. The van der Waals surface area contributed by atoms with Crippen LogP contribution in [0.3, 0.4) is 0 Å². The van der Waals surface area contributed by atoms with E-state index in [1.807, 2.05) is 6.92 Å². The van der Waals surface area contributed by atoms with Gasteiger partial charge in [0.2, 0.25) is 5.78 Å². The molecular weight excluding hydrogens is 184 g/mol. The lowest BCUT2D eigenvalue weighted by atomic mass is 9.95. The van der Waals surface area contributed by atoms with Gasteiger partial charge in [-0.2, -0.15) is 0 Å². The van der Waals surface area contributed by atoms with Crippen molar-refractivity contribution in [1.82, 2.24) is 0 Å². The predicted molar refractivity (Wildman–Crippen MR) is 48.4 cm³/mol. The van der Waals surface area contributed by atoms with E-state index >= 15 is 0 Å². The Balaban J connectivity index is 2.15. The Labute approximate surface area is 82.5 Å². The fraction of sp³-hybridized carbons (Fsp3) is 0.700. The topological polar surface area (TPSA) is 55.8 Å². The molecule has 0 aromatic carbocycles. The van der Waals surface area contributed by atoms with Gasteiger partial charge in [0.05, 0.1) is 12.7 Å². The standard InChI is InChI=1S/C10H14O4/c1-2-13-9-6-8(12)10(14-9)5-3-4-7(10)11/h6-7,11H,2-5H2,1H3/t7-,10+/m0/s1. The number of hydrogen-bond acceptors (Lipinski definition) is 4. The van der Waals surface area contributed by atoms with Gasteiger partial charge in [-0.1, -0.05) is 0 Å². The summed E-state index contributed by atoms with van der Waals surface area (Å²) in [6.45, 7) is 2.29. The molecule has 2 aliphatic rings. The monoisotopic (exact) mass is 198 g/mol. The van der Waals surface area contributed by atoms with Crippen molar-refractivity contribution < 1.29 is 19.4 Å². The third-order valence-electron chi connectivity index (χ3n) is 2.80. The van der Waals surface area contributed by atoms with E-state index in [9.17, 15) is 9.90 Å². The highest BCUT2D eigenvalue weighted by molar-refractivity contribution is 6.00. The average molecular weight is 198 g/mol. The molecule has 0 unspecified atom stereocenters. The number of rotatable bonds is 2. The quantitative estimate of drug-likeness (QED) is 0.711. The first kappa shape index (κ1) is 9.52. The Bertz CT molecular complexity index is 284. The molecule has 1 saturated carbocycles. The molecule has 0 amide bonds. The summed E-state index contributed by atoms with van der Waals surface area (Å²) >= 11 is 0. The first-order valence-corrected chi connectivity index (χ1v) is 4.95. The van der Waals surface area contributed by atoms with Crippen molar-refractivity contribution in [3.63, 3.8) is 0 Å². The highest BCUT2D eigenvalue weighted by atomic mass is 16.7. The molecule has 1 heterocycles. The fourth-order valence-electron chi connectivity index (χ4n) is 2.07. The van der Waals surface area contributed by atoms with Gasteiger partial charge in [-0.3, -0.25) is 4.79 Å². The van der Waals surface area contributed by atoms with E-state index in [4.69, 9.17) is 9.47 Å². The van der Waals surface area contributed by atoms with Crippen LogP contribution in [0, 0.1) is 0 Å². The van der Waals surface area contributed by atoms with Gasteiger partial charge >= 0.3 is 0 Å². The number of ketones is 1. The summed E-state index contributed by atoms with van der Waals surface area (Å²) in [7, 11) is 0. The molecule has 14 heavy (non-hydrogen) atoms. The maximum atomic E-state index is 11.7. The molecule has 2 atom stereocenters. The number of hydrogen-bond donors (Lipinski definition) is 1. The third kappa shape index (κ3) is 1.21. The van der Waals surface area contributed by atoms with Crippen LogP contribution in [0.4, 0.5) is 0 Å². The van der Waals surface area contributed by atoms with Crippen molar-refractivity contribution in [3.05, 3.63) is 12.0 Å². The van der Waals surface area contributed by atoms with Gasteiger partial charge in [0.25, 0.3) is 5.95 Å². The SMILES string of the molecule is CCOC1=CC(=O)[C@]2(CCC[C@@H]2O)O1. The molecule has 1 N–H and O–H groups in total. The van der Waals surface area contributed by atoms with E-state index in [0.29, 0.717) is 19.4 Å². The summed E-state index contributed by atoms with van der Waals surface area (Å²) in [5.41, 5.74) is -1.02. The van der Waals surface area contributed by atoms with Gasteiger partial charge in [0.1, 0.15) is 6.10 Å². The van der Waals surface area contributed by atoms with Gasteiger partial charge in [-0.05, 0) is 26.2 Å². The second-order valence-corrected chi connectivity index (χ2v) is 3.66. The summed E-state index contributed by atoms with van der Waals surface area (Å²) < 4.78 is 10.5. The molecule has 1 aliphatic carbocycles. The van der Waals surface area contributed by atoms with Crippen LogP contribution in [0.15, 0.2) is 12.0 Å². The molecule has 1 spiro atoms. The Morgan fingerprint density at radius 2 is 2.57 bits per heavy atom. The van der Waals surface area contributed by atoms with Crippen molar-refractivity contribution in [2.45, 2.75) is 37.9 Å². The number of ether oxygens (including phenoxy) is 2. The summed E-state index contributed by atoms with van der Waals surface area (Å²) in [5.74, 6) is 0.0874. The molecule has 0 aromatic rings. The van der Waals surface area contributed by atoms with Gasteiger partial charge in [-0.15, -0.1) is 0 Å². The van der Waals surface area contributed by atoms with Crippen molar-refractivity contribution in [3.8, 4) is 0 Å². The maximum absolute atomic E-state index is 11.7. The molecule has 0 saturated heterocycles. The highest BCUT2D eigenvalue weighted by Gasteiger charge is 2.54. The van der Waals surface area contributed by atoms with Crippen molar-refractivity contribution >= 4 is 5.78 Å². The number of aliphatic hydroxyl groups is 1. The highest BCUT2D eigenvalue weighted by Crippen LogP contribution is 2.40. The van der Waals surface area contributed by atoms with E-state index in [2.05, 4.69) is 0 Å². The Morgan fingerprint density at radius 1 is 1.79 bits per heavy atom. The van der Waals surface area contributed by atoms with Crippen molar-refractivity contribution in [2.75, 3.05) is 6.61 Å². The lowest BCUT2D eigenvalue weighted by Crippen LogP contribution is -2.43. The summed E-state index contributed by atoms with van der Waals surface area (Å²) in [5, 5.41) is 9.70. The molecule has 78 valence electrons. The van der Waals surface area contributed by atoms with Gasteiger partial charge < -0.3 is 14.6 Å². The molecule has 4 nitrogen and oxygen atoms in total. The van der Waals surface area contributed by atoms with E-state index in [1.165, 1.54) is 6.08 Å². The van der Waals surface area contributed by atoms with E-state index in [-0.39, 0.29) is 11.7 Å². The Kier molecular flexibility index (Phi) is 2.23. The van der Waals surface area contributed by atoms with E-state index in [0.717, 1.165) is 6.42 Å². The minimum absolute atomic E-state index is 0.161. The number of carbonyl (C=O) groups is 1. The number of aliphatic hydroxyl groups excluding tert-OH is 1. The van der Waals surface area contributed by atoms with Crippen LogP contribution in [-0.4, -0.2) is 29.2 Å². The molecule has 4 heteroatoms. The van der Waals surface area contributed by atoms with Crippen molar-refractivity contribution in [2.24, 2.45) is 0 Å². The molecular formula is C10H14O4. The molecule has 0 radical (unpaired) electrons. The maximum Gasteiger partial charge on any atom is 0.284 e. The predicted octanol–water partition coefficient (Wildman–Crippen LogP) is 0.747. The second kappa shape index (κ2) is 3.28. The average Bonchev–Trinajstić information content (AvgIpc) is 2.62. The van der Waals surface area contributed by atoms with Crippen molar-refractivity contribution in [1.29, 1.82) is 0 Å². The van der Waals surface area contributed by atoms with Crippen LogP contribution in [0.1, 0.15) is 26.2 Å². The van der Waals surface area contributed by atoms with Crippen LogP contribution >= 0.6 is 0 Å². The number of carbonyl (C=O) groups excluding carboxylic acids is 1. The lowest BCUT2D eigenvalue weighted by Gasteiger charge is -2.25. The third-order valence-corrected chi connectivity index (χ3v) is 2.80. The van der Waals surface area contributed by atoms with Gasteiger partial charge in [0, 0.05) is 0 Å². The second-order valence-electron chi connectivity index (χ2n) is 3.66. The zero-order valence-corrected chi connectivity index (χ0v) is 8.16. The summed E-state index contributed by atoms with van der Waals surface area (Å²) in [6, 6.07) is 0. The van der Waals surface area contributed by atoms with Gasteiger partial charge in [0.15, 0.2) is 5.60 Å². The zero-order chi connectivity index (χ0) is 10.2.